The third-order valence-corrected chi connectivity index (χ3v) is 11.8. The molecule has 18 heavy (non-hydrogen) atoms. The van der Waals surface area contributed by atoms with Crippen LogP contribution in [0.15, 0.2) is 0 Å². The fraction of sp³-hybridized carbons (Fsp3) is 1.00. The van der Waals surface area contributed by atoms with Crippen molar-refractivity contribution in [3.05, 3.63) is 0 Å². The van der Waals surface area contributed by atoms with E-state index in [4.69, 9.17) is 0 Å². The van der Waals surface area contributed by atoms with Crippen molar-refractivity contribution < 1.29 is 0 Å². The lowest BCUT2D eigenvalue weighted by molar-refractivity contribution is 0.604. The summed E-state index contributed by atoms with van der Waals surface area (Å²) in [6.07, 6.45) is 9.91. The Kier molecular flexibility index (Phi) is 15.1. The van der Waals surface area contributed by atoms with Crippen LogP contribution in [-0.4, -0.2) is 10.5 Å². The first-order chi connectivity index (χ1) is 8.56. The third-order valence-electron chi connectivity index (χ3n) is 2.22. The van der Waals surface area contributed by atoms with Gasteiger partial charge in [-0.3, -0.25) is 0 Å². The predicted octanol–water partition coefficient (Wildman–Crippen LogP) is 7.86. The highest BCUT2D eigenvalue weighted by Gasteiger charge is 2.10. The quantitative estimate of drug-likeness (QED) is 0.260. The van der Waals surface area contributed by atoms with Crippen LogP contribution in [0.4, 0.5) is 0 Å². The van der Waals surface area contributed by atoms with E-state index in [-0.39, 0.29) is 0 Å². The Bertz CT molecular complexity index is 167. The molecule has 0 aliphatic heterocycles. The molecule has 0 atom stereocenters. The lowest BCUT2D eigenvalue weighted by Crippen LogP contribution is -2.03. The molecule has 0 fully saturated rings. The Labute approximate surface area is 133 Å². The minimum Gasteiger partial charge on any atom is -0.0817 e. The molecular formula is C13H28S5. The first kappa shape index (κ1) is 19.8. The van der Waals surface area contributed by atoms with Gasteiger partial charge in [0.15, 0.2) is 0 Å². The number of hydrogen-bond acceptors (Lipinski definition) is 5. The standard InChI is InChI=1S/C13H28S5/c1-5-6-7-8-9-10-11-12-14-16-18-17-15-13(2,3)4/h5-12H2,1-4H3. The molecule has 0 aromatic heterocycles. The van der Waals surface area contributed by atoms with Crippen LogP contribution in [0.25, 0.3) is 0 Å². The third kappa shape index (κ3) is 17.8. The van der Waals surface area contributed by atoms with Gasteiger partial charge in [0.25, 0.3) is 0 Å². The first-order valence-electron chi connectivity index (χ1n) is 6.87. The monoisotopic (exact) mass is 344 g/mol. The second kappa shape index (κ2) is 13.7. The molecule has 0 nitrogen and oxygen atoms in total. The zero-order chi connectivity index (χ0) is 13.7. The minimum absolute atomic E-state index is 0.376. The highest BCUT2D eigenvalue weighted by Crippen LogP contribution is 2.52. The molecule has 0 aromatic carbocycles. The molecular weight excluding hydrogens is 316 g/mol. The molecule has 0 unspecified atom stereocenters. The molecule has 0 aliphatic carbocycles. The molecule has 0 radical (unpaired) electrons. The maximum atomic E-state index is 2.28. The van der Waals surface area contributed by atoms with Crippen LogP contribution in [0.3, 0.4) is 0 Å². The van der Waals surface area contributed by atoms with Gasteiger partial charge < -0.3 is 0 Å². The minimum atomic E-state index is 0.376. The summed E-state index contributed by atoms with van der Waals surface area (Å²) in [4.78, 5) is 0. The SMILES string of the molecule is CCCCCCCCCSSSSSC(C)(C)C. The fourth-order valence-corrected chi connectivity index (χ4v) is 10.9. The van der Waals surface area contributed by atoms with E-state index in [1.165, 1.54) is 50.7 Å². The Hall–Kier alpha value is 1.75. The van der Waals surface area contributed by atoms with Gasteiger partial charge in [-0.2, -0.15) is 0 Å². The summed E-state index contributed by atoms with van der Waals surface area (Å²) in [5.74, 6) is 1.31. The van der Waals surface area contributed by atoms with Crippen LogP contribution in [0.5, 0.6) is 0 Å². The van der Waals surface area contributed by atoms with Crippen LogP contribution < -0.4 is 0 Å². The van der Waals surface area contributed by atoms with Gasteiger partial charge in [-0.1, -0.05) is 87.8 Å². The molecule has 0 heterocycles. The Morgan fingerprint density at radius 3 is 1.94 bits per heavy atom. The molecule has 110 valence electrons. The van der Waals surface area contributed by atoms with Gasteiger partial charge in [-0.15, -0.1) is 0 Å². The van der Waals surface area contributed by atoms with Crippen LogP contribution in [0, 0.1) is 0 Å². The van der Waals surface area contributed by atoms with Crippen LogP contribution in [0.1, 0.15) is 72.6 Å². The van der Waals surface area contributed by atoms with Crippen molar-refractivity contribution in [1.82, 2.24) is 0 Å². The second-order valence-electron chi connectivity index (χ2n) is 5.34. The first-order valence-corrected chi connectivity index (χ1v) is 13.2. The smallest absolute Gasteiger partial charge is 0.0187 e. The molecule has 5 heteroatoms. The predicted molar refractivity (Wildman–Crippen MR) is 101 cm³/mol. The van der Waals surface area contributed by atoms with Crippen molar-refractivity contribution in [2.45, 2.75) is 77.4 Å². The van der Waals surface area contributed by atoms with Crippen molar-refractivity contribution >= 4 is 51.1 Å². The average Bonchev–Trinajstić information content (AvgIpc) is 2.29. The summed E-state index contributed by atoms with van der Waals surface area (Å²) in [6, 6.07) is 0. The lowest BCUT2D eigenvalue weighted by Gasteiger charge is -2.14. The summed E-state index contributed by atoms with van der Waals surface area (Å²) in [5, 5.41) is 0. The largest absolute Gasteiger partial charge is 0.0817 e. The van der Waals surface area contributed by atoms with Gasteiger partial charge in [0.2, 0.25) is 0 Å². The summed E-state index contributed by atoms with van der Waals surface area (Å²) in [6.45, 7) is 9.08. The van der Waals surface area contributed by atoms with Crippen molar-refractivity contribution in [3.8, 4) is 0 Å². The van der Waals surface area contributed by atoms with E-state index in [2.05, 4.69) is 27.7 Å². The molecule has 0 aromatic rings. The summed E-state index contributed by atoms with van der Waals surface area (Å²) < 4.78 is 0.376. The van der Waals surface area contributed by atoms with Crippen LogP contribution in [0.2, 0.25) is 0 Å². The normalized spacial score (nSPS) is 12.0. The van der Waals surface area contributed by atoms with Crippen molar-refractivity contribution in [2.75, 3.05) is 5.75 Å². The van der Waals surface area contributed by atoms with E-state index in [1.807, 2.05) is 51.1 Å². The van der Waals surface area contributed by atoms with E-state index in [0.29, 0.717) is 4.75 Å². The van der Waals surface area contributed by atoms with Gasteiger partial charge in [-0.05, 0) is 35.9 Å². The van der Waals surface area contributed by atoms with Gasteiger partial charge in [0.1, 0.15) is 0 Å². The van der Waals surface area contributed by atoms with Crippen LogP contribution >= 0.6 is 51.1 Å². The molecule has 0 N–H and O–H groups in total. The number of rotatable bonds is 12. The van der Waals surface area contributed by atoms with Gasteiger partial charge in [0.05, 0.1) is 0 Å². The van der Waals surface area contributed by atoms with Crippen molar-refractivity contribution in [3.63, 3.8) is 0 Å². The molecule has 0 saturated carbocycles. The van der Waals surface area contributed by atoms with E-state index in [0.717, 1.165) is 0 Å². The Morgan fingerprint density at radius 1 is 0.722 bits per heavy atom. The molecule has 0 saturated heterocycles. The highest BCUT2D eigenvalue weighted by molar-refractivity contribution is 9.35. The van der Waals surface area contributed by atoms with E-state index >= 15 is 0 Å². The average molecular weight is 345 g/mol. The van der Waals surface area contributed by atoms with E-state index < -0.39 is 0 Å². The number of unbranched alkanes of at least 4 members (excludes halogenated alkanes) is 6. The van der Waals surface area contributed by atoms with Crippen LogP contribution in [-0.2, 0) is 0 Å². The van der Waals surface area contributed by atoms with Crippen molar-refractivity contribution in [2.24, 2.45) is 0 Å². The molecule has 0 spiro atoms. The van der Waals surface area contributed by atoms with E-state index in [9.17, 15) is 0 Å². The zero-order valence-electron chi connectivity index (χ0n) is 12.2. The molecule has 0 bridgehead atoms. The molecule has 0 aliphatic rings. The summed E-state index contributed by atoms with van der Waals surface area (Å²) >= 11 is 0. The van der Waals surface area contributed by atoms with Gasteiger partial charge >= 0.3 is 0 Å². The second-order valence-corrected chi connectivity index (χ2v) is 13.9. The number of hydrogen-bond donors (Lipinski definition) is 0. The lowest BCUT2D eigenvalue weighted by atomic mass is 10.1. The zero-order valence-corrected chi connectivity index (χ0v) is 16.3. The topological polar surface area (TPSA) is 0 Å². The van der Waals surface area contributed by atoms with Gasteiger partial charge in [0, 0.05) is 10.5 Å². The fourth-order valence-electron chi connectivity index (χ4n) is 1.30. The van der Waals surface area contributed by atoms with Gasteiger partial charge in [-0.25, -0.2) is 0 Å². The maximum absolute atomic E-state index is 2.28. The summed E-state index contributed by atoms with van der Waals surface area (Å²) in [5.41, 5.74) is 0. The maximum Gasteiger partial charge on any atom is 0.0187 e. The summed E-state index contributed by atoms with van der Waals surface area (Å²) in [7, 11) is 9.74. The molecule has 0 rings (SSSR count). The Balaban J connectivity index is 2.99. The highest BCUT2D eigenvalue weighted by atomic mass is 33.8. The van der Waals surface area contributed by atoms with Crippen molar-refractivity contribution in [1.29, 1.82) is 0 Å². The Morgan fingerprint density at radius 2 is 1.33 bits per heavy atom. The molecule has 0 amide bonds. The van der Waals surface area contributed by atoms with E-state index in [1.54, 1.807) is 0 Å².